The van der Waals surface area contributed by atoms with Crippen molar-refractivity contribution in [2.75, 3.05) is 26.9 Å². The molecule has 0 spiro atoms. The second-order valence-corrected chi connectivity index (χ2v) is 24.9. The smallest absolute Gasteiger partial charge is 0.329 e. The molecule has 2 saturated heterocycles. The van der Waals surface area contributed by atoms with Crippen LogP contribution < -0.4 is 0 Å². The highest BCUT2D eigenvalue weighted by Crippen LogP contribution is 2.42. The number of nitrogens with zero attached hydrogens (tertiary/aromatic N) is 1. The maximum Gasteiger partial charge on any atom is 0.329 e. The second-order valence-electron chi connectivity index (χ2n) is 24.9. The average Bonchev–Trinajstić information content (AvgIpc) is 3.32. The number of allylic oxidation sites excluding steroid dienone is 6. The number of rotatable bonds is 9. The van der Waals surface area contributed by atoms with E-state index in [0.717, 1.165) is 30.4 Å². The van der Waals surface area contributed by atoms with Crippen molar-refractivity contribution in [3.05, 3.63) is 47.6 Å². The third kappa shape index (κ3) is 18.1. The highest BCUT2D eigenvalue weighted by Gasteiger charge is 2.57. The van der Waals surface area contributed by atoms with Crippen LogP contribution in [-0.4, -0.2) is 120 Å². The van der Waals surface area contributed by atoms with Gasteiger partial charge in [0, 0.05) is 50.2 Å². The number of cyclic esters (lactones) is 1. The predicted octanol–water partition coefficient (Wildman–Crippen LogP) is 11.1. The van der Waals surface area contributed by atoms with Crippen LogP contribution in [0.25, 0.3) is 0 Å². The summed E-state index contributed by atoms with van der Waals surface area (Å²) in [4.78, 5) is 75.1. The quantitative estimate of drug-likeness (QED) is 0.132. The van der Waals surface area contributed by atoms with Gasteiger partial charge < -0.3 is 38.4 Å². The minimum Gasteiger partial charge on any atom is -0.460 e. The Morgan fingerprint density at radius 1 is 0.838 bits per heavy atom. The molecular formula is C61H99NO12. The number of methoxy groups -OCH3 is 1. The number of hydrogen-bond acceptors (Lipinski definition) is 12. The number of ether oxygens (including phenoxy) is 6. The Morgan fingerprint density at radius 2 is 1.54 bits per heavy atom. The highest BCUT2D eigenvalue weighted by molar-refractivity contribution is 6.39. The molecule has 1 N–H and O–H groups in total. The van der Waals surface area contributed by atoms with E-state index in [-0.39, 0.29) is 72.9 Å². The summed E-state index contributed by atoms with van der Waals surface area (Å²) in [5, 5.41) is 9.41. The van der Waals surface area contributed by atoms with Crippen molar-refractivity contribution < 1.29 is 57.5 Å². The summed E-state index contributed by atoms with van der Waals surface area (Å²) in [6.45, 7) is 29.7. The van der Waals surface area contributed by atoms with Crippen molar-refractivity contribution in [2.45, 2.75) is 234 Å². The number of amides is 1. The maximum absolute atomic E-state index is 15.1. The first-order valence-corrected chi connectivity index (χ1v) is 28.2. The number of ketones is 3. The first-order valence-electron chi connectivity index (χ1n) is 28.2. The zero-order valence-electron chi connectivity index (χ0n) is 48.5. The van der Waals surface area contributed by atoms with Crippen molar-refractivity contribution >= 4 is 29.2 Å². The van der Waals surface area contributed by atoms with E-state index in [0.29, 0.717) is 58.0 Å². The molecule has 0 unspecified atom stereocenters. The van der Waals surface area contributed by atoms with Crippen molar-refractivity contribution in [3.8, 4) is 0 Å². The van der Waals surface area contributed by atoms with E-state index in [2.05, 4.69) is 19.9 Å². The highest BCUT2D eigenvalue weighted by atomic mass is 16.7. The Bertz CT molecular complexity index is 1990. The minimum atomic E-state index is -1.93. The van der Waals surface area contributed by atoms with Gasteiger partial charge in [-0.3, -0.25) is 19.2 Å². The number of piperidine rings is 1. The molecule has 3 aliphatic heterocycles. The summed E-state index contributed by atoms with van der Waals surface area (Å²) in [7, 11) is 1.65. The molecule has 420 valence electrons. The van der Waals surface area contributed by atoms with Gasteiger partial charge in [-0.05, 0) is 154 Å². The number of aliphatic hydroxyl groups excluding tert-OH is 1. The van der Waals surface area contributed by atoms with Crippen LogP contribution in [0.15, 0.2) is 47.6 Å². The normalized spacial score (nSPS) is 36.3. The second kappa shape index (κ2) is 28.3. The van der Waals surface area contributed by atoms with Gasteiger partial charge in [-0.2, -0.15) is 0 Å². The summed E-state index contributed by atoms with van der Waals surface area (Å²) >= 11 is 0. The number of esters is 1. The van der Waals surface area contributed by atoms with Crippen LogP contribution in [0.3, 0.4) is 0 Å². The van der Waals surface area contributed by atoms with Gasteiger partial charge in [-0.25, -0.2) is 4.79 Å². The molecule has 0 aromatic carbocycles. The first kappa shape index (κ1) is 63.2. The molecule has 13 nitrogen and oxygen atoms in total. The lowest BCUT2D eigenvalue weighted by molar-refractivity contribution is -0.314. The lowest BCUT2D eigenvalue weighted by atomic mass is 9.75. The summed E-state index contributed by atoms with van der Waals surface area (Å²) in [5.41, 5.74) is 0.269. The van der Waals surface area contributed by atoms with E-state index in [1.807, 2.05) is 120 Å². The van der Waals surface area contributed by atoms with Gasteiger partial charge >= 0.3 is 5.97 Å². The largest absolute Gasteiger partial charge is 0.460 e. The molecule has 1 amide bonds. The molecule has 13 heteroatoms. The molecule has 3 heterocycles. The van der Waals surface area contributed by atoms with Crippen molar-refractivity contribution in [2.24, 2.45) is 47.3 Å². The van der Waals surface area contributed by atoms with E-state index in [1.165, 1.54) is 4.90 Å². The van der Waals surface area contributed by atoms with Crippen LogP contribution in [0.2, 0.25) is 0 Å². The van der Waals surface area contributed by atoms with Gasteiger partial charge in [0.05, 0.1) is 48.8 Å². The van der Waals surface area contributed by atoms with Crippen LogP contribution in [0, 0.1) is 47.3 Å². The molecule has 4 aliphatic rings. The molecule has 1 saturated carbocycles. The monoisotopic (exact) mass is 1040 g/mol. The third-order valence-corrected chi connectivity index (χ3v) is 15.9. The van der Waals surface area contributed by atoms with Gasteiger partial charge in [-0.15, -0.1) is 0 Å². The molecule has 2 bridgehead atoms. The zero-order chi connectivity index (χ0) is 55.3. The zero-order valence-corrected chi connectivity index (χ0v) is 48.5. The van der Waals surface area contributed by atoms with Crippen LogP contribution in [0.4, 0.5) is 0 Å². The van der Waals surface area contributed by atoms with Crippen molar-refractivity contribution in [1.82, 2.24) is 4.90 Å². The van der Waals surface area contributed by atoms with Crippen LogP contribution >= 0.6 is 0 Å². The van der Waals surface area contributed by atoms with Gasteiger partial charge in [0.1, 0.15) is 23.7 Å². The summed E-state index contributed by atoms with van der Waals surface area (Å²) in [6, 6.07) is -1.06. The number of fused-ring (bicyclic) bond motifs is 3. The summed E-state index contributed by atoms with van der Waals surface area (Å²) in [5.74, 6) is -5.71. The van der Waals surface area contributed by atoms with Gasteiger partial charge in [0.2, 0.25) is 5.79 Å². The molecule has 3 fully saturated rings. The van der Waals surface area contributed by atoms with Crippen LogP contribution in [0.1, 0.15) is 181 Å². The summed E-state index contributed by atoms with van der Waals surface area (Å²) < 4.78 is 38.6. The minimum absolute atomic E-state index is 0.0295. The number of carbonyl (C=O) groups excluding carboxylic acids is 5. The van der Waals surface area contributed by atoms with E-state index in [4.69, 9.17) is 28.4 Å². The fourth-order valence-corrected chi connectivity index (χ4v) is 11.9. The topological polar surface area (TPSA) is 164 Å². The number of carbonyl (C=O) groups is 5. The van der Waals surface area contributed by atoms with Gasteiger partial charge in [-0.1, -0.05) is 84.9 Å². The Balaban J connectivity index is 1.79. The number of hydrogen-bond donors (Lipinski definition) is 1. The van der Waals surface area contributed by atoms with Gasteiger partial charge in [0.15, 0.2) is 0 Å². The molecule has 4 rings (SSSR count). The molecule has 1 aliphatic carbocycles. The molecular weight excluding hydrogens is 939 g/mol. The van der Waals surface area contributed by atoms with Gasteiger partial charge in [0.25, 0.3) is 11.7 Å². The Morgan fingerprint density at radius 3 is 2.18 bits per heavy atom. The maximum atomic E-state index is 15.1. The SMILES string of the molecule is CO[C@H]1C[C@@H]2CC[C@@H](C)[C@@](OC(C)(C)C)(O2)C(=O)C(=O)N2CCCC[C@H]2C(=O)O[C@H]([C@H](C)C[C@@H]2CC[C@@H](OCCO)[C@H](C)C2)CC(=O)[C@H](C)/C=C(\C)[C@@H](OC(C)(C)C)[C@@H](C)C(=O)[C@H](C)C[C@H](C)/C=C/C=CC=C1C. The summed E-state index contributed by atoms with van der Waals surface area (Å²) in [6.07, 6.45) is 16.7. The molecule has 15 atom stereocenters. The third-order valence-electron chi connectivity index (χ3n) is 15.9. The number of aliphatic hydroxyl groups is 1. The first-order chi connectivity index (χ1) is 34.6. The lowest BCUT2D eigenvalue weighted by Crippen LogP contribution is -2.63. The Hall–Kier alpha value is -3.33. The van der Waals surface area contributed by atoms with Crippen molar-refractivity contribution in [1.29, 1.82) is 0 Å². The fraction of sp³-hybridized carbons (Fsp3) is 0.787. The standard InChI is InChI=1S/C61H99NO12/c1-38-22-18-17-19-23-39(2)52(69-16)36-48-27-25-45(8)61(72-48,74-60(13,14)15)56(66)57(67)62-29-21-20-24-49(62)58(68)71-53(42(5)35-47-26-28-51(41(4)34-47)70-31-30-63)37-50(64)40(3)33-44(7)55(73-59(10,11)12)46(9)54(65)43(6)32-38/h17-19,22-23,33,38,40-43,45-49,51-53,55,63H,20-21,24-32,34-37H2,1-16H3/b19-17?,22-18+,39-23?,44-33+/t38-,40-,41-,42-,43-,45-,46+,47-,48+,49+,51-,52+,53+,55-,61+/m1/s1. The van der Waals surface area contributed by atoms with Crippen molar-refractivity contribution in [3.63, 3.8) is 0 Å². The Labute approximate surface area is 446 Å². The van der Waals surface area contributed by atoms with E-state index < -0.39 is 76.8 Å². The fourth-order valence-electron chi connectivity index (χ4n) is 11.9. The number of Topliss-reactive ketones (excluding diaryl/α,β-unsaturated/α-hetero) is 3. The molecule has 0 radical (unpaired) electrons. The van der Waals surface area contributed by atoms with Crippen LogP contribution in [0.5, 0.6) is 0 Å². The van der Waals surface area contributed by atoms with E-state index >= 15 is 4.79 Å². The molecule has 74 heavy (non-hydrogen) atoms. The lowest BCUT2D eigenvalue weighted by Gasteiger charge is -2.48. The predicted molar refractivity (Wildman–Crippen MR) is 290 cm³/mol. The molecule has 0 aromatic rings. The Kier molecular flexibility index (Phi) is 24.2. The van der Waals surface area contributed by atoms with E-state index in [1.54, 1.807) is 7.11 Å². The molecule has 0 aromatic heterocycles. The van der Waals surface area contributed by atoms with Crippen LogP contribution in [-0.2, 0) is 52.4 Å². The average molecular weight is 1040 g/mol. The van der Waals surface area contributed by atoms with E-state index in [9.17, 15) is 24.3 Å².